The molecule has 2 rings (SSSR count). The van der Waals surface area contributed by atoms with Crippen LogP contribution in [-0.4, -0.2) is 11.8 Å². The van der Waals surface area contributed by atoms with Gasteiger partial charge in [0.15, 0.2) is 0 Å². The molecular formula is C11H11FO3. The quantitative estimate of drug-likeness (QED) is 0.702. The summed E-state index contributed by atoms with van der Waals surface area (Å²) in [5, 5.41) is 0. The van der Waals surface area contributed by atoms with Crippen LogP contribution in [0.3, 0.4) is 0 Å². The van der Waals surface area contributed by atoms with Crippen LogP contribution in [0.2, 0.25) is 0 Å². The smallest absolute Gasteiger partial charge is 0.309 e. The van der Waals surface area contributed by atoms with Crippen LogP contribution in [0, 0.1) is 5.82 Å². The summed E-state index contributed by atoms with van der Waals surface area (Å²) >= 11 is 0. The molecule has 0 amide bonds. The number of hydrogen-bond acceptors (Lipinski definition) is 3. The van der Waals surface area contributed by atoms with Crippen molar-refractivity contribution in [2.75, 3.05) is 0 Å². The van der Waals surface area contributed by atoms with Crippen LogP contribution in [-0.2, 0) is 9.53 Å². The minimum atomic E-state index is -0.908. The molecule has 1 aromatic carbocycles. The van der Waals surface area contributed by atoms with Crippen LogP contribution >= 0.6 is 0 Å². The summed E-state index contributed by atoms with van der Waals surface area (Å²) in [6, 6.07) is 5.62. The van der Waals surface area contributed by atoms with E-state index in [1.54, 1.807) is 6.92 Å². The molecule has 0 spiro atoms. The first-order valence-corrected chi connectivity index (χ1v) is 4.74. The molecule has 80 valence electrons. The van der Waals surface area contributed by atoms with Crippen molar-refractivity contribution >= 4 is 5.97 Å². The summed E-state index contributed by atoms with van der Waals surface area (Å²) in [6.07, 6.45) is 0.876. The number of esters is 1. The molecule has 3 nitrogen and oxygen atoms in total. The van der Waals surface area contributed by atoms with E-state index in [0.29, 0.717) is 18.6 Å². The van der Waals surface area contributed by atoms with E-state index in [0.717, 1.165) is 0 Å². The van der Waals surface area contributed by atoms with Gasteiger partial charge in [-0.1, -0.05) is 0 Å². The lowest BCUT2D eigenvalue weighted by atomic mass is 10.2. The van der Waals surface area contributed by atoms with Gasteiger partial charge in [0.2, 0.25) is 0 Å². The molecule has 0 unspecified atom stereocenters. The van der Waals surface area contributed by atoms with E-state index in [2.05, 4.69) is 0 Å². The SMILES string of the molecule is C[C@@]1(Oc2ccc(F)cc2)CCC(=O)O1. The summed E-state index contributed by atoms with van der Waals surface area (Å²) in [5.41, 5.74) is 0. The Balaban J connectivity index is 2.08. The highest BCUT2D eigenvalue weighted by molar-refractivity contribution is 5.71. The molecule has 1 saturated heterocycles. The van der Waals surface area contributed by atoms with Crippen molar-refractivity contribution in [1.82, 2.24) is 0 Å². The minimum absolute atomic E-state index is 0.264. The van der Waals surface area contributed by atoms with Crippen LogP contribution < -0.4 is 4.74 Å². The van der Waals surface area contributed by atoms with Gasteiger partial charge in [-0.3, -0.25) is 4.79 Å². The zero-order chi connectivity index (χ0) is 10.9. The lowest BCUT2D eigenvalue weighted by molar-refractivity contribution is -0.172. The van der Waals surface area contributed by atoms with Gasteiger partial charge in [0.1, 0.15) is 11.6 Å². The van der Waals surface area contributed by atoms with Gasteiger partial charge in [0, 0.05) is 13.3 Å². The van der Waals surface area contributed by atoms with Gasteiger partial charge in [-0.2, -0.15) is 0 Å². The van der Waals surface area contributed by atoms with Crippen LogP contribution in [0.15, 0.2) is 24.3 Å². The molecule has 1 fully saturated rings. The zero-order valence-electron chi connectivity index (χ0n) is 8.33. The molecule has 1 aliphatic rings. The van der Waals surface area contributed by atoms with E-state index in [1.165, 1.54) is 24.3 Å². The number of carbonyl (C=O) groups is 1. The molecule has 15 heavy (non-hydrogen) atoms. The van der Waals surface area contributed by atoms with Crippen LogP contribution in [0.5, 0.6) is 5.75 Å². The maximum Gasteiger partial charge on any atom is 0.309 e. The van der Waals surface area contributed by atoms with Gasteiger partial charge >= 0.3 is 5.97 Å². The Bertz CT molecular complexity index is 374. The Morgan fingerprint density at radius 3 is 2.60 bits per heavy atom. The summed E-state index contributed by atoms with van der Waals surface area (Å²) < 4.78 is 23.1. The second-order valence-corrected chi connectivity index (χ2v) is 3.66. The number of ether oxygens (including phenoxy) is 2. The number of benzene rings is 1. The Morgan fingerprint density at radius 1 is 1.40 bits per heavy atom. The monoisotopic (exact) mass is 210 g/mol. The maximum atomic E-state index is 12.6. The van der Waals surface area contributed by atoms with Gasteiger partial charge in [-0.05, 0) is 24.3 Å². The normalized spacial score (nSPS) is 25.1. The molecule has 0 aromatic heterocycles. The number of hydrogen-bond donors (Lipinski definition) is 0. The second kappa shape index (κ2) is 3.53. The van der Waals surface area contributed by atoms with E-state index in [9.17, 15) is 9.18 Å². The lowest BCUT2D eigenvalue weighted by Crippen LogP contribution is -2.31. The van der Waals surface area contributed by atoms with Crippen molar-refractivity contribution in [2.24, 2.45) is 0 Å². The lowest BCUT2D eigenvalue weighted by Gasteiger charge is -2.23. The van der Waals surface area contributed by atoms with Crippen molar-refractivity contribution in [1.29, 1.82) is 0 Å². The number of cyclic esters (lactones) is 1. The molecule has 0 aliphatic carbocycles. The fraction of sp³-hybridized carbons (Fsp3) is 0.364. The van der Waals surface area contributed by atoms with E-state index >= 15 is 0 Å². The summed E-state index contributed by atoms with van der Waals surface area (Å²) in [5.74, 6) is -1.00. The molecule has 1 aromatic rings. The first-order valence-electron chi connectivity index (χ1n) is 4.74. The predicted molar refractivity (Wildman–Crippen MR) is 50.8 cm³/mol. The van der Waals surface area contributed by atoms with E-state index in [1.807, 2.05) is 0 Å². The van der Waals surface area contributed by atoms with E-state index in [4.69, 9.17) is 9.47 Å². The number of halogens is 1. The van der Waals surface area contributed by atoms with Crippen LogP contribution in [0.25, 0.3) is 0 Å². The fourth-order valence-corrected chi connectivity index (χ4v) is 1.50. The first-order chi connectivity index (χ1) is 7.07. The van der Waals surface area contributed by atoms with Crippen molar-refractivity contribution in [3.05, 3.63) is 30.1 Å². The van der Waals surface area contributed by atoms with Crippen LogP contribution in [0.4, 0.5) is 4.39 Å². The van der Waals surface area contributed by atoms with Gasteiger partial charge in [0.25, 0.3) is 5.79 Å². The van der Waals surface area contributed by atoms with Crippen molar-refractivity contribution in [3.63, 3.8) is 0 Å². The highest BCUT2D eigenvalue weighted by atomic mass is 19.1. The molecule has 0 bridgehead atoms. The molecule has 0 saturated carbocycles. The third-order valence-corrected chi connectivity index (χ3v) is 2.26. The first kappa shape index (κ1) is 9.96. The summed E-state index contributed by atoms with van der Waals surface area (Å²) in [4.78, 5) is 10.9. The molecule has 0 radical (unpaired) electrons. The zero-order valence-corrected chi connectivity index (χ0v) is 8.33. The van der Waals surface area contributed by atoms with Gasteiger partial charge in [-0.15, -0.1) is 0 Å². The molecule has 1 heterocycles. The van der Waals surface area contributed by atoms with E-state index in [-0.39, 0.29) is 11.8 Å². The Labute approximate surface area is 86.8 Å². The Kier molecular flexibility index (Phi) is 2.34. The average Bonchev–Trinajstić information content (AvgIpc) is 2.50. The van der Waals surface area contributed by atoms with Crippen molar-refractivity contribution < 1.29 is 18.7 Å². The molecule has 0 N–H and O–H groups in total. The topological polar surface area (TPSA) is 35.5 Å². The molecular weight excluding hydrogens is 199 g/mol. The standard InChI is InChI=1S/C11H11FO3/c1-11(7-6-10(13)15-11)14-9-4-2-8(12)3-5-9/h2-5H,6-7H2,1H3/t11-/m0/s1. The number of carbonyl (C=O) groups excluding carboxylic acids is 1. The molecule has 4 heteroatoms. The summed E-state index contributed by atoms with van der Waals surface area (Å²) in [6.45, 7) is 1.70. The number of rotatable bonds is 2. The largest absolute Gasteiger partial charge is 0.453 e. The maximum absolute atomic E-state index is 12.6. The molecule has 1 atom stereocenters. The minimum Gasteiger partial charge on any atom is -0.453 e. The predicted octanol–water partition coefficient (Wildman–Crippen LogP) is 2.26. The highest BCUT2D eigenvalue weighted by Crippen LogP contribution is 2.29. The Morgan fingerprint density at radius 2 is 2.07 bits per heavy atom. The highest BCUT2D eigenvalue weighted by Gasteiger charge is 2.37. The van der Waals surface area contributed by atoms with Crippen molar-refractivity contribution in [3.8, 4) is 5.75 Å². The third-order valence-electron chi connectivity index (χ3n) is 2.26. The Hall–Kier alpha value is -1.58. The summed E-state index contributed by atoms with van der Waals surface area (Å²) in [7, 11) is 0. The van der Waals surface area contributed by atoms with E-state index < -0.39 is 5.79 Å². The fourth-order valence-electron chi connectivity index (χ4n) is 1.50. The average molecular weight is 210 g/mol. The van der Waals surface area contributed by atoms with Gasteiger partial charge < -0.3 is 9.47 Å². The second-order valence-electron chi connectivity index (χ2n) is 3.66. The van der Waals surface area contributed by atoms with Gasteiger partial charge in [0.05, 0.1) is 6.42 Å². The van der Waals surface area contributed by atoms with Crippen molar-refractivity contribution in [2.45, 2.75) is 25.6 Å². The third kappa shape index (κ3) is 2.26. The molecule has 1 aliphatic heterocycles. The van der Waals surface area contributed by atoms with Gasteiger partial charge in [-0.25, -0.2) is 4.39 Å². The van der Waals surface area contributed by atoms with Crippen LogP contribution in [0.1, 0.15) is 19.8 Å².